The number of likely N-dealkylation sites (tertiary alicyclic amines) is 1. The molecule has 3 rings (SSSR count). The van der Waals surface area contributed by atoms with Gasteiger partial charge < -0.3 is 9.84 Å². The Hall–Kier alpha value is -1.88. The number of hydrogen-bond acceptors (Lipinski definition) is 4. The third-order valence-electron chi connectivity index (χ3n) is 4.79. The summed E-state index contributed by atoms with van der Waals surface area (Å²) in [4.78, 5) is 25.9. The molecule has 1 heterocycles. The molecule has 1 aromatic rings. The van der Waals surface area contributed by atoms with Crippen LogP contribution in [0.2, 0.25) is 0 Å². The van der Waals surface area contributed by atoms with Crippen molar-refractivity contribution < 1.29 is 19.4 Å². The number of ether oxygens (including phenoxy) is 1. The smallest absolute Gasteiger partial charge is 0.233 e. The fraction of sp³-hybridized carbons (Fsp3) is 0.556. The topological polar surface area (TPSA) is 66.8 Å². The number of β-amino-alcohol motifs (C(OH)–C–C–N with tert-alkyl or cyclic N) is 1. The molecule has 0 aromatic heterocycles. The second kappa shape index (κ2) is 6.71. The number of nitrogens with zero attached hydrogens (tertiary/aromatic N) is 1. The maximum Gasteiger partial charge on any atom is 0.233 e. The van der Waals surface area contributed by atoms with E-state index in [1.54, 1.807) is 0 Å². The van der Waals surface area contributed by atoms with Crippen molar-refractivity contribution >= 4 is 11.8 Å². The van der Waals surface area contributed by atoms with Gasteiger partial charge in [0.15, 0.2) is 0 Å². The Kier molecular flexibility index (Phi) is 4.66. The standard InChI is InChI=1S/C18H23NO4/c1-12-6-8-14(9-7-12)23-11-13(20)10-19-17(21)15-4-2-3-5-16(15)18(19)22/h6-9,13,15-16,20H,2-5,10-11H2,1H3/t13-,15-,16+/m1/s1. The van der Waals surface area contributed by atoms with Crippen LogP contribution in [-0.4, -0.2) is 41.1 Å². The molecule has 5 heteroatoms. The van der Waals surface area contributed by atoms with Crippen LogP contribution in [-0.2, 0) is 9.59 Å². The number of aliphatic hydroxyl groups is 1. The van der Waals surface area contributed by atoms with Crippen LogP contribution in [0.1, 0.15) is 31.2 Å². The summed E-state index contributed by atoms with van der Waals surface area (Å²) in [7, 11) is 0. The summed E-state index contributed by atoms with van der Waals surface area (Å²) in [5, 5.41) is 10.1. The van der Waals surface area contributed by atoms with Crippen LogP contribution in [0.25, 0.3) is 0 Å². The van der Waals surface area contributed by atoms with Gasteiger partial charge in [0.25, 0.3) is 0 Å². The molecule has 1 aromatic carbocycles. The molecule has 1 saturated heterocycles. The number of hydrogen-bond donors (Lipinski definition) is 1. The van der Waals surface area contributed by atoms with Gasteiger partial charge in [0, 0.05) is 0 Å². The van der Waals surface area contributed by atoms with Crippen LogP contribution in [0, 0.1) is 18.8 Å². The Morgan fingerprint density at radius 2 is 1.70 bits per heavy atom. The molecule has 2 aliphatic rings. The third kappa shape index (κ3) is 3.39. The minimum atomic E-state index is -0.871. The van der Waals surface area contributed by atoms with E-state index in [2.05, 4.69) is 0 Å². The summed E-state index contributed by atoms with van der Waals surface area (Å²) in [6.45, 7) is 2.08. The molecule has 1 saturated carbocycles. The van der Waals surface area contributed by atoms with Crippen molar-refractivity contribution in [1.29, 1.82) is 0 Å². The molecule has 0 spiro atoms. The van der Waals surface area contributed by atoms with E-state index in [1.807, 2.05) is 31.2 Å². The maximum absolute atomic E-state index is 12.4. The van der Waals surface area contributed by atoms with Gasteiger partial charge in [-0.05, 0) is 31.9 Å². The van der Waals surface area contributed by atoms with E-state index in [1.165, 1.54) is 4.90 Å². The molecule has 1 aliphatic carbocycles. The highest BCUT2D eigenvalue weighted by Gasteiger charge is 2.48. The molecule has 0 unspecified atom stereocenters. The van der Waals surface area contributed by atoms with Crippen LogP contribution >= 0.6 is 0 Å². The molecule has 5 nitrogen and oxygen atoms in total. The average molecular weight is 317 g/mol. The van der Waals surface area contributed by atoms with Crippen molar-refractivity contribution in [2.24, 2.45) is 11.8 Å². The fourth-order valence-electron chi connectivity index (χ4n) is 3.50. The zero-order valence-electron chi connectivity index (χ0n) is 13.4. The summed E-state index contributed by atoms with van der Waals surface area (Å²) < 4.78 is 5.52. The molecule has 1 N–H and O–H groups in total. The number of rotatable bonds is 5. The highest BCUT2D eigenvalue weighted by molar-refractivity contribution is 6.05. The molecular formula is C18H23NO4. The number of amides is 2. The summed E-state index contributed by atoms with van der Waals surface area (Å²) in [5.41, 5.74) is 1.13. The molecule has 0 radical (unpaired) electrons. The lowest BCUT2D eigenvalue weighted by Crippen LogP contribution is -2.40. The molecule has 3 atom stereocenters. The third-order valence-corrected chi connectivity index (χ3v) is 4.79. The lowest BCUT2D eigenvalue weighted by molar-refractivity contribution is -0.141. The molecule has 23 heavy (non-hydrogen) atoms. The van der Waals surface area contributed by atoms with Crippen molar-refractivity contribution in [2.75, 3.05) is 13.2 Å². The number of carbonyl (C=O) groups is 2. The summed E-state index contributed by atoms with van der Waals surface area (Å²) in [5.74, 6) is 0.105. The Labute approximate surface area is 136 Å². The van der Waals surface area contributed by atoms with Crippen molar-refractivity contribution in [1.82, 2.24) is 4.90 Å². The summed E-state index contributed by atoms with van der Waals surface area (Å²) in [6, 6.07) is 7.53. The van der Waals surface area contributed by atoms with E-state index in [9.17, 15) is 14.7 Å². The Bertz CT molecular complexity index is 559. The van der Waals surface area contributed by atoms with E-state index < -0.39 is 6.10 Å². The van der Waals surface area contributed by atoms with Gasteiger partial charge in [0.1, 0.15) is 18.5 Å². The van der Waals surface area contributed by atoms with Crippen LogP contribution in [0.5, 0.6) is 5.75 Å². The predicted molar refractivity (Wildman–Crippen MR) is 84.8 cm³/mol. The van der Waals surface area contributed by atoms with E-state index in [4.69, 9.17) is 4.74 Å². The zero-order chi connectivity index (χ0) is 16.4. The van der Waals surface area contributed by atoms with Gasteiger partial charge in [0.05, 0.1) is 18.4 Å². The van der Waals surface area contributed by atoms with Gasteiger partial charge in [0.2, 0.25) is 11.8 Å². The number of fused-ring (bicyclic) bond motifs is 1. The second-order valence-corrected chi connectivity index (χ2v) is 6.56. The Morgan fingerprint density at radius 1 is 1.13 bits per heavy atom. The van der Waals surface area contributed by atoms with Gasteiger partial charge in [-0.25, -0.2) is 0 Å². The van der Waals surface area contributed by atoms with E-state index >= 15 is 0 Å². The number of aliphatic hydroxyl groups excluding tert-OH is 1. The van der Waals surface area contributed by atoms with Crippen LogP contribution in [0.3, 0.4) is 0 Å². The fourth-order valence-corrected chi connectivity index (χ4v) is 3.50. The number of aryl methyl sites for hydroxylation is 1. The van der Waals surface area contributed by atoms with Crippen LogP contribution < -0.4 is 4.74 Å². The van der Waals surface area contributed by atoms with Crippen molar-refractivity contribution in [3.63, 3.8) is 0 Å². The molecule has 124 valence electrons. The summed E-state index contributed by atoms with van der Waals surface area (Å²) >= 11 is 0. The van der Waals surface area contributed by atoms with E-state index in [0.717, 1.165) is 31.2 Å². The lowest BCUT2D eigenvalue weighted by Gasteiger charge is -2.19. The molecule has 1 aliphatic heterocycles. The Morgan fingerprint density at radius 3 is 2.26 bits per heavy atom. The highest BCUT2D eigenvalue weighted by Crippen LogP contribution is 2.37. The van der Waals surface area contributed by atoms with Crippen LogP contribution in [0.15, 0.2) is 24.3 Å². The van der Waals surface area contributed by atoms with Gasteiger partial charge in [-0.1, -0.05) is 30.5 Å². The molecular weight excluding hydrogens is 294 g/mol. The minimum absolute atomic E-state index is 0.0243. The number of carbonyl (C=O) groups excluding carboxylic acids is 2. The van der Waals surface area contributed by atoms with Crippen LogP contribution in [0.4, 0.5) is 0 Å². The van der Waals surface area contributed by atoms with Crippen molar-refractivity contribution in [3.8, 4) is 5.75 Å². The van der Waals surface area contributed by atoms with Gasteiger partial charge in [-0.2, -0.15) is 0 Å². The highest BCUT2D eigenvalue weighted by atomic mass is 16.5. The molecule has 0 bridgehead atoms. The minimum Gasteiger partial charge on any atom is -0.491 e. The van der Waals surface area contributed by atoms with Gasteiger partial charge in [-0.15, -0.1) is 0 Å². The first kappa shape index (κ1) is 16.0. The van der Waals surface area contributed by atoms with Gasteiger partial charge in [-0.3, -0.25) is 14.5 Å². The van der Waals surface area contributed by atoms with Gasteiger partial charge >= 0.3 is 0 Å². The first-order chi connectivity index (χ1) is 11.1. The SMILES string of the molecule is Cc1ccc(OC[C@H](O)CN2C(=O)[C@H]3CCCC[C@H]3C2=O)cc1. The lowest BCUT2D eigenvalue weighted by atomic mass is 9.81. The summed E-state index contributed by atoms with van der Waals surface area (Å²) in [6.07, 6.45) is 2.73. The number of benzene rings is 1. The molecule has 2 fully saturated rings. The normalized spacial score (nSPS) is 25.4. The van der Waals surface area contributed by atoms with E-state index in [-0.39, 0.29) is 36.8 Å². The number of imide groups is 1. The average Bonchev–Trinajstić information content (AvgIpc) is 2.80. The quantitative estimate of drug-likeness (QED) is 0.843. The monoisotopic (exact) mass is 317 g/mol. The maximum atomic E-state index is 12.4. The first-order valence-corrected chi connectivity index (χ1v) is 8.29. The van der Waals surface area contributed by atoms with Crippen molar-refractivity contribution in [2.45, 2.75) is 38.7 Å². The second-order valence-electron chi connectivity index (χ2n) is 6.56. The molecule has 2 amide bonds. The van der Waals surface area contributed by atoms with E-state index in [0.29, 0.717) is 5.75 Å². The zero-order valence-corrected chi connectivity index (χ0v) is 13.4. The predicted octanol–water partition coefficient (Wildman–Crippen LogP) is 1.91. The Balaban J connectivity index is 1.55. The van der Waals surface area contributed by atoms with Crippen molar-refractivity contribution in [3.05, 3.63) is 29.8 Å². The largest absolute Gasteiger partial charge is 0.491 e. The first-order valence-electron chi connectivity index (χ1n) is 8.29.